The van der Waals surface area contributed by atoms with Gasteiger partial charge in [-0.25, -0.2) is 31.6 Å². The highest BCUT2D eigenvalue weighted by Crippen LogP contribution is 2.34. The van der Waals surface area contributed by atoms with Gasteiger partial charge in [0.15, 0.2) is 14.9 Å². The van der Waals surface area contributed by atoms with E-state index in [2.05, 4.69) is 15.0 Å². The number of aromatic amines is 1. The van der Waals surface area contributed by atoms with Gasteiger partial charge in [-0.15, -0.1) is 0 Å². The lowest BCUT2D eigenvalue weighted by molar-refractivity contribution is -0.192. The maximum atomic E-state index is 13.0. The SMILES string of the molecule is O=C(O)C(F)(F)F.O=S1(=O)CCN(S(=O)(=O)c2ccc(-c3ccnc4[nH]c(C(F)(F)F)cc34)cn2)CC1. The van der Waals surface area contributed by atoms with Crippen LogP contribution < -0.4 is 0 Å². The van der Waals surface area contributed by atoms with Gasteiger partial charge in [-0.05, 0) is 29.8 Å². The van der Waals surface area contributed by atoms with Gasteiger partial charge in [0.25, 0.3) is 10.0 Å². The summed E-state index contributed by atoms with van der Waals surface area (Å²) in [6.07, 6.45) is -7.05. The maximum Gasteiger partial charge on any atom is 0.490 e. The average molecular weight is 574 g/mol. The van der Waals surface area contributed by atoms with Crippen molar-refractivity contribution in [2.24, 2.45) is 0 Å². The van der Waals surface area contributed by atoms with Crippen molar-refractivity contribution in [3.05, 3.63) is 42.4 Å². The first kappa shape index (κ1) is 28.3. The zero-order valence-corrected chi connectivity index (χ0v) is 19.8. The van der Waals surface area contributed by atoms with Crippen molar-refractivity contribution < 1.29 is 53.1 Å². The van der Waals surface area contributed by atoms with Crippen LogP contribution in [0.5, 0.6) is 0 Å². The normalized spacial score (nSPS) is 16.7. The molecule has 4 rings (SSSR count). The summed E-state index contributed by atoms with van der Waals surface area (Å²) >= 11 is 0. The molecule has 0 saturated carbocycles. The van der Waals surface area contributed by atoms with E-state index in [-0.39, 0.29) is 40.7 Å². The Balaban J connectivity index is 0.000000479. The van der Waals surface area contributed by atoms with Gasteiger partial charge in [0.1, 0.15) is 11.3 Å². The standard InChI is InChI=1S/C17H15F3N4O4S2.C2HF3O2/c18-17(19,20)14-9-13-12(3-4-21-16(13)23-14)11-1-2-15(22-10-11)30(27,28)24-5-7-29(25,26)8-6-24;3-2(4,5)1(6)7/h1-4,9-10H,5-8H2,(H,21,23);(H,6,7). The zero-order valence-electron chi connectivity index (χ0n) is 18.2. The minimum absolute atomic E-state index is 0.0473. The molecule has 0 amide bonds. The van der Waals surface area contributed by atoms with E-state index in [0.717, 1.165) is 10.4 Å². The minimum Gasteiger partial charge on any atom is -0.475 e. The Kier molecular flexibility index (Phi) is 7.58. The molecule has 10 nitrogen and oxygen atoms in total. The molecule has 1 saturated heterocycles. The Labute approximate surface area is 204 Å². The number of carbonyl (C=O) groups is 1. The fourth-order valence-electron chi connectivity index (χ4n) is 3.19. The van der Waals surface area contributed by atoms with E-state index in [1.165, 1.54) is 30.6 Å². The van der Waals surface area contributed by atoms with E-state index in [4.69, 9.17) is 9.90 Å². The third-order valence-electron chi connectivity index (χ3n) is 5.03. The molecule has 4 heterocycles. The number of carboxylic acids is 1. The van der Waals surface area contributed by atoms with Gasteiger partial charge in [-0.3, -0.25) is 0 Å². The Hall–Kier alpha value is -3.25. The Morgan fingerprint density at radius 2 is 1.62 bits per heavy atom. The van der Waals surface area contributed by atoms with E-state index in [0.29, 0.717) is 11.1 Å². The monoisotopic (exact) mass is 574 g/mol. The van der Waals surface area contributed by atoms with Crippen LogP contribution in [0.25, 0.3) is 22.2 Å². The number of aliphatic carboxylic acids is 1. The van der Waals surface area contributed by atoms with E-state index in [9.17, 15) is 43.2 Å². The van der Waals surface area contributed by atoms with E-state index in [1.807, 2.05) is 0 Å². The first-order valence-electron chi connectivity index (χ1n) is 9.94. The molecule has 3 aromatic rings. The molecule has 0 radical (unpaired) electrons. The number of sulfonamides is 1. The molecule has 1 aliphatic rings. The summed E-state index contributed by atoms with van der Waals surface area (Å²) in [5.74, 6) is -3.27. The summed E-state index contributed by atoms with van der Waals surface area (Å²) in [5, 5.41) is 7.09. The van der Waals surface area contributed by atoms with Crippen molar-refractivity contribution in [3.63, 3.8) is 0 Å². The van der Waals surface area contributed by atoms with Gasteiger partial charge in [0.2, 0.25) is 0 Å². The van der Waals surface area contributed by atoms with Gasteiger partial charge in [-0.1, -0.05) is 0 Å². The van der Waals surface area contributed by atoms with Gasteiger partial charge >= 0.3 is 18.3 Å². The number of fused-ring (bicyclic) bond motifs is 1. The van der Waals surface area contributed by atoms with Crippen LogP contribution in [0, 0.1) is 0 Å². The third kappa shape index (κ3) is 6.55. The predicted octanol–water partition coefficient (Wildman–Crippen LogP) is 2.70. The second-order valence-corrected chi connectivity index (χ2v) is 11.7. The van der Waals surface area contributed by atoms with Crippen molar-refractivity contribution in [2.45, 2.75) is 17.4 Å². The number of carboxylic acid groups (broad SMARTS) is 1. The minimum atomic E-state index is -5.08. The highest BCUT2D eigenvalue weighted by atomic mass is 32.2. The topological polar surface area (TPSA) is 150 Å². The number of rotatable bonds is 3. The summed E-state index contributed by atoms with van der Waals surface area (Å²) < 4.78 is 120. The fraction of sp³-hybridized carbons (Fsp3) is 0.316. The molecule has 3 aromatic heterocycles. The summed E-state index contributed by atoms with van der Waals surface area (Å²) in [6, 6.07) is 5.14. The van der Waals surface area contributed by atoms with Crippen LogP contribution in [0.2, 0.25) is 0 Å². The van der Waals surface area contributed by atoms with Crippen LogP contribution in [0.4, 0.5) is 26.3 Å². The molecular formula is C19H16F6N4O6S2. The Bertz CT molecular complexity index is 1500. The van der Waals surface area contributed by atoms with E-state index in [1.54, 1.807) is 0 Å². The van der Waals surface area contributed by atoms with Crippen molar-refractivity contribution in [2.75, 3.05) is 24.6 Å². The Morgan fingerprint density at radius 1 is 1.03 bits per heavy atom. The van der Waals surface area contributed by atoms with Crippen molar-refractivity contribution in [1.82, 2.24) is 19.3 Å². The molecule has 2 N–H and O–H groups in total. The van der Waals surface area contributed by atoms with Gasteiger partial charge in [-0.2, -0.15) is 30.6 Å². The molecule has 0 unspecified atom stereocenters. The molecule has 0 aliphatic carbocycles. The fourth-order valence-corrected chi connectivity index (χ4v) is 5.98. The van der Waals surface area contributed by atoms with Crippen molar-refractivity contribution in [1.29, 1.82) is 0 Å². The predicted molar refractivity (Wildman–Crippen MR) is 115 cm³/mol. The number of H-pyrrole nitrogens is 1. The van der Waals surface area contributed by atoms with Gasteiger partial charge < -0.3 is 10.1 Å². The van der Waals surface area contributed by atoms with Crippen LogP contribution in [0.15, 0.2) is 41.7 Å². The van der Waals surface area contributed by atoms with Crippen LogP contribution >= 0.6 is 0 Å². The quantitative estimate of drug-likeness (QED) is 0.454. The number of sulfone groups is 1. The first-order chi connectivity index (χ1) is 16.9. The second kappa shape index (κ2) is 9.90. The average Bonchev–Trinajstić information content (AvgIpc) is 3.24. The molecule has 0 aromatic carbocycles. The number of hydrogen-bond donors (Lipinski definition) is 2. The van der Waals surface area contributed by atoms with Crippen molar-refractivity contribution >= 4 is 36.9 Å². The second-order valence-electron chi connectivity index (χ2n) is 7.55. The van der Waals surface area contributed by atoms with E-state index < -0.39 is 43.9 Å². The largest absolute Gasteiger partial charge is 0.490 e. The molecule has 1 aliphatic heterocycles. The third-order valence-corrected chi connectivity index (χ3v) is 8.46. The molecule has 0 atom stereocenters. The van der Waals surface area contributed by atoms with Gasteiger partial charge in [0, 0.05) is 36.4 Å². The number of halogens is 6. The summed E-state index contributed by atoms with van der Waals surface area (Å²) in [6.45, 7) is -0.300. The van der Waals surface area contributed by atoms with Crippen LogP contribution in [-0.4, -0.2) is 77.9 Å². The highest BCUT2D eigenvalue weighted by Gasteiger charge is 2.38. The summed E-state index contributed by atoms with van der Waals surface area (Å²) in [4.78, 5) is 19.0. The lowest BCUT2D eigenvalue weighted by atomic mass is 10.1. The molecule has 18 heteroatoms. The zero-order chi connectivity index (χ0) is 27.8. The number of hydrogen-bond acceptors (Lipinski definition) is 7. The highest BCUT2D eigenvalue weighted by molar-refractivity contribution is 7.92. The molecule has 37 heavy (non-hydrogen) atoms. The number of alkyl halides is 6. The molecular weight excluding hydrogens is 558 g/mol. The Morgan fingerprint density at radius 3 is 2.11 bits per heavy atom. The number of nitrogens with zero attached hydrogens (tertiary/aromatic N) is 3. The lowest BCUT2D eigenvalue weighted by Crippen LogP contribution is -2.43. The molecule has 0 spiro atoms. The number of aromatic nitrogens is 3. The molecule has 202 valence electrons. The smallest absolute Gasteiger partial charge is 0.475 e. The van der Waals surface area contributed by atoms with Crippen LogP contribution in [-0.2, 0) is 30.8 Å². The lowest BCUT2D eigenvalue weighted by Gasteiger charge is -2.25. The van der Waals surface area contributed by atoms with Crippen molar-refractivity contribution in [3.8, 4) is 11.1 Å². The van der Waals surface area contributed by atoms with E-state index >= 15 is 0 Å². The number of nitrogens with one attached hydrogen (secondary N) is 1. The summed E-state index contributed by atoms with van der Waals surface area (Å²) in [5.41, 5.74) is -0.0710. The maximum absolute atomic E-state index is 13.0. The molecule has 0 bridgehead atoms. The molecule has 1 fully saturated rings. The van der Waals surface area contributed by atoms with Crippen LogP contribution in [0.1, 0.15) is 5.69 Å². The van der Waals surface area contributed by atoms with Gasteiger partial charge in [0.05, 0.1) is 11.5 Å². The number of pyridine rings is 2. The first-order valence-corrected chi connectivity index (χ1v) is 13.2. The summed E-state index contributed by atoms with van der Waals surface area (Å²) in [7, 11) is -7.22. The van der Waals surface area contributed by atoms with Crippen LogP contribution in [0.3, 0.4) is 0 Å².